The fraction of sp³-hybridized carbons (Fsp3) is 0.600. The summed E-state index contributed by atoms with van der Waals surface area (Å²) in [6.07, 6.45) is -3.63. The van der Waals surface area contributed by atoms with Crippen molar-refractivity contribution in [3.8, 4) is 22.5 Å². The Labute approximate surface area is 368 Å². The number of ether oxygens (including phenoxy) is 2. The Kier molecular flexibility index (Phi) is 11.4. The van der Waals surface area contributed by atoms with Gasteiger partial charge in [-0.1, -0.05) is 33.8 Å². The van der Waals surface area contributed by atoms with Crippen LogP contribution in [0.15, 0.2) is 29.6 Å². The molecule has 4 aromatic rings. The maximum atomic E-state index is 14.9. The summed E-state index contributed by atoms with van der Waals surface area (Å²) >= 11 is 1.35. The molecule has 0 spiro atoms. The van der Waals surface area contributed by atoms with E-state index in [0.29, 0.717) is 81.4 Å². The number of hydrogen-bond donors (Lipinski definition) is 2. The van der Waals surface area contributed by atoms with E-state index in [4.69, 9.17) is 14.5 Å². The number of methoxy groups -OCH3 is 1. The number of anilines is 1. The normalized spacial score (nSPS) is 28.0. The van der Waals surface area contributed by atoms with Gasteiger partial charge in [0.25, 0.3) is 5.91 Å². The molecule has 7 heterocycles. The molecule has 1 aromatic carbocycles. The van der Waals surface area contributed by atoms with Gasteiger partial charge in [0.05, 0.1) is 29.1 Å². The number of amides is 2. The summed E-state index contributed by atoms with van der Waals surface area (Å²) in [4.78, 5) is 51.3. The predicted molar refractivity (Wildman–Crippen MR) is 231 cm³/mol. The van der Waals surface area contributed by atoms with Crippen LogP contribution in [0.2, 0.25) is 0 Å². The first-order valence-electron chi connectivity index (χ1n) is 22.0. The van der Waals surface area contributed by atoms with E-state index in [1.165, 1.54) is 28.0 Å². The van der Waals surface area contributed by atoms with Gasteiger partial charge in [-0.25, -0.2) is 10.4 Å². The summed E-state index contributed by atoms with van der Waals surface area (Å²) in [5.41, 5.74) is 5.91. The van der Waals surface area contributed by atoms with E-state index in [9.17, 15) is 27.6 Å². The second-order valence-corrected chi connectivity index (χ2v) is 20.2. The van der Waals surface area contributed by atoms with Gasteiger partial charge in [0.2, 0.25) is 5.91 Å². The molecule has 18 heteroatoms. The highest BCUT2D eigenvalue weighted by atomic mass is 32.1. The highest BCUT2D eigenvalue weighted by Gasteiger charge is 2.53. The van der Waals surface area contributed by atoms with Crippen molar-refractivity contribution in [2.45, 2.75) is 97.3 Å². The van der Waals surface area contributed by atoms with Gasteiger partial charge < -0.3 is 29.2 Å². The monoisotopic (exact) mass is 891 g/mol. The maximum Gasteiger partial charge on any atom is 0.406 e. The maximum absolute atomic E-state index is 14.9. The van der Waals surface area contributed by atoms with Crippen LogP contribution >= 0.6 is 11.3 Å². The van der Waals surface area contributed by atoms with Gasteiger partial charge in [-0.2, -0.15) is 18.3 Å². The zero-order valence-corrected chi connectivity index (χ0v) is 37.6. The quantitative estimate of drug-likeness (QED) is 0.218. The fourth-order valence-corrected chi connectivity index (χ4v) is 10.8. The number of alkyl halides is 3. The zero-order chi connectivity index (χ0) is 44.7. The van der Waals surface area contributed by atoms with Gasteiger partial charge in [0, 0.05) is 84.5 Å². The summed E-state index contributed by atoms with van der Waals surface area (Å²) in [5, 5.41) is 16.9. The molecular formula is C45H56F3N9O5S. The van der Waals surface area contributed by atoms with Gasteiger partial charge in [0.1, 0.15) is 24.3 Å². The smallest absolute Gasteiger partial charge is 0.406 e. The van der Waals surface area contributed by atoms with Crippen LogP contribution in [-0.4, -0.2) is 119 Å². The van der Waals surface area contributed by atoms with Gasteiger partial charge in [0.15, 0.2) is 5.82 Å². The number of halogens is 3. The SMILES string of the molecule is COC(C)c1nnc(N2CCN(C)CC2)cc1-c1c2c3cc(ccc3n1CC(F)(F)F)-c1csc(n1)CC(NC(=O)C1C(C)C1C)C(=O)N1NC(C(=O)OCC(C)(C)C2)C2CC1C2. The number of piperazine rings is 1. The summed E-state index contributed by atoms with van der Waals surface area (Å²) in [5.74, 6) is -0.309. The van der Waals surface area contributed by atoms with Gasteiger partial charge in [-0.05, 0) is 74.8 Å². The minimum Gasteiger partial charge on any atom is -0.464 e. The number of aromatic nitrogens is 4. The molecule has 6 aliphatic rings. The molecule has 2 N–H and O–H groups in total. The third kappa shape index (κ3) is 8.43. The molecule has 5 atom stereocenters. The average molecular weight is 892 g/mol. The molecule has 2 saturated carbocycles. The number of benzene rings is 1. The molecule has 8 bridgehead atoms. The lowest BCUT2D eigenvalue weighted by molar-refractivity contribution is -0.171. The first kappa shape index (κ1) is 43.6. The Morgan fingerprint density at radius 3 is 2.51 bits per heavy atom. The Morgan fingerprint density at radius 2 is 1.83 bits per heavy atom. The molecule has 4 aliphatic heterocycles. The van der Waals surface area contributed by atoms with E-state index in [0.717, 1.165) is 13.1 Å². The Bertz CT molecular complexity index is 2420. The van der Waals surface area contributed by atoms with Crippen LogP contribution in [0.4, 0.5) is 19.0 Å². The van der Waals surface area contributed by atoms with E-state index >= 15 is 0 Å². The number of esters is 1. The molecule has 10 rings (SSSR count). The number of cyclic esters (lactones) is 1. The summed E-state index contributed by atoms with van der Waals surface area (Å²) in [6, 6.07) is 5.34. The second kappa shape index (κ2) is 16.4. The van der Waals surface area contributed by atoms with Crippen molar-refractivity contribution in [3.63, 3.8) is 0 Å². The van der Waals surface area contributed by atoms with Crippen molar-refractivity contribution in [2.75, 3.05) is 51.8 Å². The Hall–Kier alpha value is -4.65. The fourth-order valence-electron chi connectivity index (χ4n) is 9.93. The summed E-state index contributed by atoms with van der Waals surface area (Å²) < 4.78 is 57.9. The summed E-state index contributed by atoms with van der Waals surface area (Å²) in [7, 11) is 3.58. The topological polar surface area (TPSA) is 147 Å². The minimum absolute atomic E-state index is 0.0387. The van der Waals surface area contributed by atoms with Gasteiger partial charge in [-0.15, -0.1) is 16.4 Å². The van der Waals surface area contributed by atoms with E-state index in [1.54, 1.807) is 19.1 Å². The van der Waals surface area contributed by atoms with E-state index in [-0.39, 0.29) is 61.0 Å². The van der Waals surface area contributed by atoms with Crippen LogP contribution in [-0.2, 0) is 43.2 Å². The number of thiazole rings is 1. The first-order chi connectivity index (χ1) is 29.9. The molecule has 3 aromatic heterocycles. The number of hydrazine groups is 1. The molecule has 63 heavy (non-hydrogen) atoms. The van der Waals surface area contributed by atoms with Gasteiger partial charge >= 0.3 is 12.1 Å². The van der Waals surface area contributed by atoms with Gasteiger partial charge in [-0.3, -0.25) is 19.4 Å². The largest absolute Gasteiger partial charge is 0.464 e. The lowest BCUT2D eigenvalue weighted by atomic mass is 9.73. The molecule has 5 fully saturated rings. The number of fused-ring (bicyclic) bond motifs is 4. The molecule has 0 radical (unpaired) electrons. The van der Waals surface area contributed by atoms with Crippen LogP contribution in [0.25, 0.3) is 33.4 Å². The molecular weight excluding hydrogens is 836 g/mol. The number of likely N-dealkylation sites (N-methyl/N-ethyl adjacent to an activating group) is 1. The van der Waals surface area contributed by atoms with E-state index < -0.39 is 42.3 Å². The zero-order valence-electron chi connectivity index (χ0n) is 36.8. The van der Waals surface area contributed by atoms with Crippen LogP contribution in [0.1, 0.15) is 69.8 Å². The Balaban J connectivity index is 1.20. The molecule has 2 aliphatic carbocycles. The Morgan fingerprint density at radius 1 is 1.10 bits per heavy atom. The van der Waals surface area contributed by atoms with Crippen molar-refractivity contribution in [3.05, 3.63) is 45.9 Å². The van der Waals surface area contributed by atoms with E-state index in [1.807, 2.05) is 52.3 Å². The number of nitrogens with one attached hydrogen (secondary N) is 2. The number of nitrogens with zero attached hydrogens (tertiary/aromatic N) is 7. The molecule has 2 amide bonds. The first-order valence-corrected chi connectivity index (χ1v) is 22.8. The number of carbonyl (C=O) groups is 3. The van der Waals surface area contributed by atoms with Crippen molar-refractivity contribution < 1.29 is 37.0 Å². The summed E-state index contributed by atoms with van der Waals surface area (Å²) in [6.45, 7) is 11.3. The van der Waals surface area contributed by atoms with Crippen LogP contribution in [0.5, 0.6) is 0 Å². The molecule has 3 saturated heterocycles. The number of carbonyl (C=O) groups excluding carboxylic acids is 3. The minimum atomic E-state index is -4.59. The van der Waals surface area contributed by atoms with Crippen LogP contribution in [0, 0.1) is 29.1 Å². The lowest BCUT2D eigenvalue weighted by Gasteiger charge is -2.53. The van der Waals surface area contributed by atoms with Crippen molar-refractivity contribution >= 4 is 45.8 Å². The molecule has 338 valence electrons. The van der Waals surface area contributed by atoms with Crippen molar-refractivity contribution in [1.82, 2.24) is 40.4 Å². The van der Waals surface area contributed by atoms with Crippen molar-refractivity contribution in [2.24, 2.45) is 29.1 Å². The molecule has 14 nitrogen and oxygen atoms in total. The van der Waals surface area contributed by atoms with Crippen molar-refractivity contribution in [1.29, 1.82) is 0 Å². The van der Waals surface area contributed by atoms with E-state index in [2.05, 4.69) is 30.7 Å². The predicted octanol–water partition coefficient (Wildman–Crippen LogP) is 5.79. The lowest BCUT2D eigenvalue weighted by Crippen LogP contribution is -2.71. The third-order valence-corrected chi connectivity index (χ3v) is 15.0. The average Bonchev–Trinajstić information content (AvgIpc) is 3.49. The van der Waals surface area contributed by atoms with Crippen LogP contribution < -0.4 is 15.6 Å². The third-order valence-electron chi connectivity index (χ3n) is 14.1. The highest BCUT2D eigenvalue weighted by molar-refractivity contribution is 7.10. The number of rotatable bonds is 7. The number of hydrogen-bond acceptors (Lipinski definition) is 12. The standard InChI is InChI=1S/C45H56F3N9O5S/c1-23-24(2)37(23)41(58)50-32-18-36-49-33(20-63-36)26-8-9-34-29(16-26)31(19-44(4,5)22-62-43(60)39-27-14-28(15-27)57(53-39)42(32)59)40(56(34)21-45(46,47)48)30-17-35(51-52-38(30)25(3)61-7)55-12-10-54(6)11-13-55/h8-9,16-17,20,23-25,27-28,32,37,39,53H,10-15,18-19,21-22H2,1-7H3,(H,50,58). The highest BCUT2D eigenvalue weighted by Crippen LogP contribution is 2.47. The second-order valence-electron chi connectivity index (χ2n) is 19.2. The molecule has 5 unspecified atom stereocenters. The van der Waals surface area contributed by atoms with Crippen LogP contribution in [0.3, 0.4) is 0 Å².